The first kappa shape index (κ1) is 19.3. The molecule has 0 fully saturated rings. The number of rotatable bonds is 3. The summed E-state index contributed by atoms with van der Waals surface area (Å²) in [7, 11) is 0. The Morgan fingerprint density at radius 2 is 2.00 bits per heavy atom. The van der Waals surface area contributed by atoms with E-state index in [1.54, 1.807) is 55.5 Å². The number of hydrogen-bond acceptors (Lipinski definition) is 6. The second kappa shape index (κ2) is 7.76. The number of hydrogen-bond donors (Lipinski definition) is 1. The van der Waals surface area contributed by atoms with E-state index in [2.05, 4.69) is 26.0 Å². The van der Waals surface area contributed by atoms with E-state index in [1.165, 1.54) is 16.8 Å². The average Bonchev–Trinajstić information content (AvgIpc) is 3.08. The fourth-order valence-corrected chi connectivity index (χ4v) is 3.89. The van der Waals surface area contributed by atoms with Gasteiger partial charge in [0, 0.05) is 0 Å². The molecular formula is C20H13BrN4O3S. The van der Waals surface area contributed by atoms with Crippen molar-refractivity contribution in [3.63, 3.8) is 0 Å². The first-order valence-electron chi connectivity index (χ1n) is 8.46. The molecule has 2 aromatic carbocycles. The van der Waals surface area contributed by atoms with Crippen molar-refractivity contribution in [1.29, 1.82) is 5.41 Å². The van der Waals surface area contributed by atoms with Gasteiger partial charge >= 0.3 is 5.97 Å². The molecule has 0 unspecified atom stereocenters. The number of nitrogens with zero attached hydrogens (tertiary/aromatic N) is 3. The number of fused-ring (bicyclic) bond motifs is 1. The third-order valence-electron chi connectivity index (χ3n) is 4.03. The minimum atomic E-state index is -0.491. The van der Waals surface area contributed by atoms with Gasteiger partial charge in [-0.3, -0.25) is 10.2 Å². The van der Waals surface area contributed by atoms with Crippen molar-refractivity contribution in [2.24, 2.45) is 10.1 Å². The number of amidine groups is 2. The topological polar surface area (TPSA) is 95.2 Å². The zero-order chi connectivity index (χ0) is 20.5. The van der Waals surface area contributed by atoms with Gasteiger partial charge in [0.1, 0.15) is 5.75 Å². The Morgan fingerprint density at radius 1 is 1.24 bits per heavy atom. The molecule has 1 N–H and O–H groups in total. The average molecular weight is 469 g/mol. The Labute approximate surface area is 178 Å². The number of halogens is 1. The lowest BCUT2D eigenvalue weighted by molar-refractivity contribution is -0.114. The van der Waals surface area contributed by atoms with Crippen LogP contribution < -0.4 is 4.74 Å². The molecule has 0 spiro atoms. The van der Waals surface area contributed by atoms with Crippen LogP contribution in [0.3, 0.4) is 0 Å². The van der Waals surface area contributed by atoms with Crippen LogP contribution in [0.25, 0.3) is 6.08 Å². The van der Waals surface area contributed by atoms with Crippen molar-refractivity contribution in [3.05, 3.63) is 69.7 Å². The monoisotopic (exact) mass is 468 g/mol. The molecule has 0 bridgehead atoms. The molecule has 1 amide bonds. The lowest BCUT2D eigenvalue weighted by atomic mass is 10.1. The Balaban J connectivity index is 1.58. The Bertz CT molecular complexity index is 1140. The Kier molecular flexibility index (Phi) is 5.16. The van der Waals surface area contributed by atoms with Gasteiger partial charge in [-0.2, -0.15) is 15.1 Å². The standard InChI is InChI=1S/C20H13BrN4O3S/c1-11-24-25-17(22)14(18(26)23-20(25)29-11)9-12-7-8-16(15(21)10-12)28-19(27)13-5-3-2-4-6-13/h2-10,22H,1H3. The number of benzene rings is 2. The Hall–Kier alpha value is -3.04. The van der Waals surface area contributed by atoms with Gasteiger partial charge in [-0.25, -0.2) is 4.79 Å². The van der Waals surface area contributed by atoms with Gasteiger partial charge in [-0.05, 0) is 70.5 Å². The largest absolute Gasteiger partial charge is 0.422 e. The predicted octanol–water partition coefficient (Wildman–Crippen LogP) is 4.31. The molecule has 29 heavy (non-hydrogen) atoms. The SMILES string of the molecule is CC1=NN2C(=N)C(=Cc3ccc(OC(=O)c4ccccc4)c(Br)c3)C(=O)N=C2S1. The first-order chi connectivity index (χ1) is 13.9. The minimum Gasteiger partial charge on any atom is -0.422 e. The maximum absolute atomic E-state index is 12.3. The van der Waals surface area contributed by atoms with E-state index in [1.807, 2.05) is 6.07 Å². The van der Waals surface area contributed by atoms with Crippen LogP contribution in [0.15, 0.2) is 68.7 Å². The van der Waals surface area contributed by atoms with Crippen LogP contribution in [-0.2, 0) is 4.79 Å². The fraction of sp³-hybridized carbons (Fsp3) is 0.0500. The molecule has 7 nitrogen and oxygen atoms in total. The number of ether oxygens (including phenoxy) is 1. The highest BCUT2D eigenvalue weighted by Crippen LogP contribution is 2.30. The summed E-state index contributed by atoms with van der Waals surface area (Å²) in [6.07, 6.45) is 1.56. The highest BCUT2D eigenvalue weighted by Gasteiger charge is 2.34. The van der Waals surface area contributed by atoms with Gasteiger partial charge in [0.15, 0.2) is 5.84 Å². The van der Waals surface area contributed by atoms with Crippen LogP contribution >= 0.6 is 27.7 Å². The summed E-state index contributed by atoms with van der Waals surface area (Å²) in [5, 5.41) is 14.9. The van der Waals surface area contributed by atoms with E-state index in [-0.39, 0.29) is 11.4 Å². The summed E-state index contributed by atoms with van der Waals surface area (Å²) >= 11 is 4.64. The van der Waals surface area contributed by atoms with Crippen molar-refractivity contribution >= 4 is 61.7 Å². The molecule has 0 saturated carbocycles. The van der Waals surface area contributed by atoms with Gasteiger partial charge in [-0.15, -0.1) is 0 Å². The molecule has 0 atom stereocenters. The van der Waals surface area contributed by atoms with Gasteiger partial charge in [0.2, 0.25) is 5.17 Å². The van der Waals surface area contributed by atoms with Gasteiger partial charge in [-0.1, -0.05) is 24.3 Å². The number of amides is 1. The van der Waals surface area contributed by atoms with E-state index in [4.69, 9.17) is 10.1 Å². The molecule has 4 rings (SSSR count). The van der Waals surface area contributed by atoms with Crippen LogP contribution in [0.4, 0.5) is 0 Å². The molecule has 0 radical (unpaired) electrons. The van der Waals surface area contributed by atoms with E-state index < -0.39 is 11.9 Å². The molecule has 2 aliphatic rings. The van der Waals surface area contributed by atoms with E-state index in [0.29, 0.717) is 26.5 Å². The first-order valence-corrected chi connectivity index (χ1v) is 10.1. The number of carbonyl (C=O) groups is 2. The molecule has 0 aromatic heterocycles. The number of carbonyl (C=O) groups excluding carboxylic acids is 2. The fourth-order valence-electron chi connectivity index (χ4n) is 2.68. The summed E-state index contributed by atoms with van der Waals surface area (Å²) in [5.41, 5.74) is 1.23. The van der Waals surface area contributed by atoms with Crippen molar-refractivity contribution in [2.75, 3.05) is 0 Å². The maximum atomic E-state index is 12.3. The van der Waals surface area contributed by atoms with Crippen LogP contribution in [0.2, 0.25) is 0 Å². The smallest absolute Gasteiger partial charge is 0.343 e. The predicted molar refractivity (Wildman–Crippen MR) is 116 cm³/mol. The molecule has 144 valence electrons. The Morgan fingerprint density at radius 3 is 2.72 bits per heavy atom. The van der Waals surface area contributed by atoms with Crippen LogP contribution in [0, 0.1) is 5.41 Å². The molecule has 2 aliphatic heterocycles. The summed E-state index contributed by atoms with van der Waals surface area (Å²) in [6.45, 7) is 1.79. The summed E-state index contributed by atoms with van der Waals surface area (Å²) < 4.78 is 5.96. The van der Waals surface area contributed by atoms with Crippen LogP contribution in [-0.4, -0.2) is 32.9 Å². The lowest BCUT2D eigenvalue weighted by Crippen LogP contribution is -2.35. The highest BCUT2D eigenvalue weighted by atomic mass is 79.9. The molecule has 0 saturated heterocycles. The molecule has 0 aliphatic carbocycles. The maximum Gasteiger partial charge on any atom is 0.343 e. The number of aliphatic imine (C=N–C) groups is 1. The van der Waals surface area contributed by atoms with Crippen molar-refractivity contribution < 1.29 is 14.3 Å². The number of nitrogens with one attached hydrogen (secondary N) is 1. The van der Waals surface area contributed by atoms with Crippen molar-refractivity contribution in [2.45, 2.75) is 6.92 Å². The third-order valence-corrected chi connectivity index (χ3v) is 5.48. The molecular weight excluding hydrogens is 456 g/mol. The zero-order valence-corrected chi connectivity index (χ0v) is 17.5. The van der Waals surface area contributed by atoms with Crippen molar-refractivity contribution in [3.8, 4) is 5.75 Å². The van der Waals surface area contributed by atoms with Crippen LogP contribution in [0.5, 0.6) is 5.75 Å². The molecule has 2 aromatic rings. The van der Waals surface area contributed by atoms with E-state index >= 15 is 0 Å². The normalized spacial score (nSPS) is 17.2. The van der Waals surface area contributed by atoms with Gasteiger partial charge < -0.3 is 4.74 Å². The summed E-state index contributed by atoms with van der Waals surface area (Å²) in [5.74, 6) is -0.639. The van der Waals surface area contributed by atoms with Gasteiger partial charge in [0.05, 0.1) is 20.7 Å². The minimum absolute atomic E-state index is 0.0277. The second-order valence-corrected chi connectivity index (χ2v) is 8.10. The summed E-state index contributed by atoms with van der Waals surface area (Å²) in [4.78, 5) is 28.6. The van der Waals surface area contributed by atoms with Gasteiger partial charge in [0.25, 0.3) is 5.91 Å². The number of hydrazone groups is 1. The van der Waals surface area contributed by atoms with E-state index in [9.17, 15) is 9.59 Å². The summed E-state index contributed by atoms with van der Waals surface area (Å²) in [6, 6.07) is 13.7. The third kappa shape index (κ3) is 3.92. The second-order valence-electron chi connectivity index (χ2n) is 6.08. The quantitative estimate of drug-likeness (QED) is 0.411. The van der Waals surface area contributed by atoms with Crippen molar-refractivity contribution in [1.82, 2.24) is 5.01 Å². The molecule has 9 heteroatoms. The zero-order valence-electron chi connectivity index (χ0n) is 15.0. The lowest BCUT2D eigenvalue weighted by Gasteiger charge is -2.20. The number of thioether (sulfide) groups is 1. The molecule has 2 heterocycles. The van der Waals surface area contributed by atoms with Crippen LogP contribution in [0.1, 0.15) is 22.8 Å². The highest BCUT2D eigenvalue weighted by molar-refractivity contribution is 9.10. The number of esters is 1. The van der Waals surface area contributed by atoms with E-state index in [0.717, 1.165) is 5.04 Å².